The molecule has 0 radical (unpaired) electrons. The van der Waals surface area contributed by atoms with Gasteiger partial charge in [0.2, 0.25) is 0 Å². The van der Waals surface area contributed by atoms with Crippen LogP contribution in [0.5, 0.6) is 0 Å². The van der Waals surface area contributed by atoms with Gasteiger partial charge in [-0.15, -0.1) is 0 Å². The van der Waals surface area contributed by atoms with Crippen molar-refractivity contribution in [3.8, 4) is 0 Å². The number of aliphatic hydroxyl groups excluding tert-OH is 2. The fraction of sp³-hybridized carbons (Fsp3) is 0.737. The summed E-state index contributed by atoms with van der Waals surface area (Å²) in [5, 5.41) is 19.7. The molecule has 14 nitrogen and oxygen atoms in total. The Bertz CT molecular complexity index is 1180. The molecule has 0 aliphatic heterocycles. The van der Waals surface area contributed by atoms with Crippen LogP contribution in [0, 0.1) is 5.92 Å². The Kier molecular flexibility index (Phi) is 32.0. The van der Waals surface area contributed by atoms with Crippen molar-refractivity contribution in [3.63, 3.8) is 0 Å². The van der Waals surface area contributed by atoms with Gasteiger partial charge in [0.1, 0.15) is 12.7 Å². The van der Waals surface area contributed by atoms with Crippen molar-refractivity contribution >= 4 is 27.6 Å². The van der Waals surface area contributed by atoms with Crippen LogP contribution in [0.2, 0.25) is 0 Å². The molecule has 0 saturated carbocycles. The monoisotopic (exact) mass is 810 g/mol. The van der Waals surface area contributed by atoms with Gasteiger partial charge in [-0.3, -0.25) is 23.2 Å². The summed E-state index contributed by atoms with van der Waals surface area (Å²) >= 11 is 0. The highest BCUT2D eigenvalue weighted by molar-refractivity contribution is 7.47. The highest BCUT2D eigenvalue weighted by atomic mass is 31.2. The topological polar surface area (TPSA) is 216 Å². The number of phosphoric acid groups is 2. The molecular formula is C38H68O14P2. The van der Waals surface area contributed by atoms with Crippen molar-refractivity contribution in [1.82, 2.24) is 0 Å². The number of allylic oxidation sites excluding steroid dienone is 6. The van der Waals surface area contributed by atoms with Crippen LogP contribution in [0.3, 0.4) is 0 Å². The molecule has 5 N–H and O–H groups in total. The summed E-state index contributed by atoms with van der Waals surface area (Å²) in [6.07, 6.45) is 26.2. The Hall–Kier alpha value is -1.96. The average molecular weight is 811 g/mol. The van der Waals surface area contributed by atoms with Crippen molar-refractivity contribution in [2.24, 2.45) is 5.92 Å². The maximum Gasteiger partial charge on any atom is 0.472 e. The Morgan fingerprint density at radius 1 is 0.667 bits per heavy atom. The van der Waals surface area contributed by atoms with Crippen LogP contribution in [0.1, 0.15) is 130 Å². The van der Waals surface area contributed by atoms with E-state index in [1.54, 1.807) is 6.08 Å². The van der Waals surface area contributed by atoms with Gasteiger partial charge in [0, 0.05) is 12.8 Å². The highest BCUT2D eigenvalue weighted by Crippen LogP contribution is 2.43. The number of rotatable bonds is 35. The second-order valence-corrected chi connectivity index (χ2v) is 16.2. The molecule has 1 unspecified atom stereocenters. The predicted octanol–water partition coefficient (Wildman–Crippen LogP) is 7.94. The largest absolute Gasteiger partial charge is 0.472 e. The van der Waals surface area contributed by atoms with E-state index in [0.29, 0.717) is 38.0 Å². The first-order chi connectivity index (χ1) is 25.6. The van der Waals surface area contributed by atoms with Gasteiger partial charge in [0.25, 0.3) is 0 Å². The second-order valence-electron chi connectivity index (χ2n) is 13.5. The smallest absolute Gasteiger partial charge is 0.462 e. The number of unbranched alkanes of at least 4 members (excludes halogenated alkanes) is 9. The number of carbonyl (C=O) groups excluding carboxylic acids is 2. The molecule has 314 valence electrons. The lowest BCUT2D eigenvalue weighted by atomic mass is 10.0. The molecule has 0 heterocycles. The highest BCUT2D eigenvalue weighted by Gasteiger charge is 2.28. The maximum atomic E-state index is 12.5. The second kappa shape index (κ2) is 33.2. The molecule has 0 aliphatic carbocycles. The van der Waals surface area contributed by atoms with Gasteiger partial charge >= 0.3 is 27.6 Å². The quantitative estimate of drug-likeness (QED) is 0.0135. The molecule has 0 aromatic carbocycles. The number of hydrogen-bond acceptors (Lipinski definition) is 11. The molecule has 0 spiro atoms. The summed E-state index contributed by atoms with van der Waals surface area (Å²) in [4.78, 5) is 52.4. The average Bonchev–Trinajstić information content (AvgIpc) is 3.10. The Balaban J connectivity index is 4.70. The SMILES string of the molecule is CCCCC/C=C\C[C@@H](O)/C=C/C=C\C/C=C\CCCC(=O)OC[C@H](COP(=O)(O)OC[C@@H](O)COP(=O)(O)O)OC(=O)CCCCCCCCC(C)C. The van der Waals surface area contributed by atoms with Crippen LogP contribution >= 0.6 is 15.6 Å². The van der Waals surface area contributed by atoms with E-state index in [4.69, 9.17) is 23.8 Å². The molecule has 0 rings (SSSR count). The molecule has 16 heteroatoms. The van der Waals surface area contributed by atoms with Crippen LogP contribution in [-0.4, -0.2) is 81.6 Å². The fourth-order valence-corrected chi connectivity index (χ4v) is 5.88. The lowest BCUT2D eigenvalue weighted by molar-refractivity contribution is -0.161. The fourth-order valence-electron chi connectivity index (χ4n) is 4.72. The lowest BCUT2D eigenvalue weighted by Gasteiger charge is -2.20. The van der Waals surface area contributed by atoms with E-state index in [9.17, 15) is 33.8 Å². The first kappa shape index (κ1) is 52.0. The van der Waals surface area contributed by atoms with Crippen LogP contribution in [0.15, 0.2) is 48.6 Å². The van der Waals surface area contributed by atoms with Crippen molar-refractivity contribution < 1.29 is 66.7 Å². The zero-order chi connectivity index (χ0) is 40.5. The van der Waals surface area contributed by atoms with Crippen LogP contribution in [-0.2, 0) is 41.8 Å². The van der Waals surface area contributed by atoms with Crippen molar-refractivity contribution in [2.45, 2.75) is 148 Å². The van der Waals surface area contributed by atoms with E-state index in [1.165, 1.54) is 32.1 Å². The van der Waals surface area contributed by atoms with Gasteiger partial charge in [0.05, 0.1) is 25.9 Å². The minimum absolute atomic E-state index is 0.0860. The Morgan fingerprint density at radius 3 is 2.00 bits per heavy atom. The normalized spacial score (nSPS) is 15.4. The van der Waals surface area contributed by atoms with Gasteiger partial charge in [-0.05, 0) is 50.9 Å². The molecule has 0 aromatic heterocycles. The zero-order valence-electron chi connectivity index (χ0n) is 32.6. The first-order valence-corrected chi connectivity index (χ1v) is 22.3. The van der Waals surface area contributed by atoms with E-state index in [-0.39, 0.29) is 12.8 Å². The van der Waals surface area contributed by atoms with Crippen LogP contribution in [0.4, 0.5) is 0 Å². The molecular weight excluding hydrogens is 742 g/mol. The van der Waals surface area contributed by atoms with Gasteiger partial charge < -0.3 is 34.4 Å². The number of esters is 2. The molecule has 4 atom stereocenters. The van der Waals surface area contributed by atoms with Gasteiger partial charge in [-0.25, -0.2) is 9.13 Å². The molecule has 0 aliphatic rings. The summed E-state index contributed by atoms with van der Waals surface area (Å²) < 4.78 is 47.4. The summed E-state index contributed by atoms with van der Waals surface area (Å²) in [5.74, 6) is -0.467. The molecule has 0 bridgehead atoms. The van der Waals surface area contributed by atoms with E-state index < -0.39 is 72.3 Å². The number of phosphoric ester groups is 2. The third-order valence-corrected chi connectivity index (χ3v) is 9.16. The standard InChI is InChI=1S/C38H68O14P2/c1-4-5-6-7-15-20-25-34(39)26-21-16-10-8-9-11-17-22-27-37(41)48-31-36(52-38(42)28-23-18-13-12-14-19-24-33(2)3)32-51-54(46,47)50-30-35(40)29-49-53(43,44)45/h9-11,15-16,20-21,26,33-36,39-40H,4-8,12-14,17-19,22-25,27-32H2,1-3H3,(H,46,47)(H2,43,44,45)/b11-9-,16-10-,20-15-,26-21+/t34-,35+,36-/m1/s1. The predicted molar refractivity (Wildman–Crippen MR) is 208 cm³/mol. The first-order valence-electron chi connectivity index (χ1n) is 19.3. The molecule has 54 heavy (non-hydrogen) atoms. The third kappa shape index (κ3) is 37.0. The van der Waals surface area contributed by atoms with Crippen LogP contribution in [0.25, 0.3) is 0 Å². The van der Waals surface area contributed by atoms with E-state index in [1.807, 2.05) is 36.5 Å². The van der Waals surface area contributed by atoms with Crippen LogP contribution < -0.4 is 0 Å². The molecule has 0 fully saturated rings. The van der Waals surface area contributed by atoms with Gasteiger partial charge in [-0.1, -0.05) is 121 Å². The minimum atomic E-state index is -4.87. The maximum absolute atomic E-state index is 12.5. The summed E-state index contributed by atoms with van der Waals surface area (Å²) in [6, 6.07) is 0. The summed E-state index contributed by atoms with van der Waals surface area (Å²) in [5.41, 5.74) is 0. The van der Waals surface area contributed by atoms with Crippen molar-refractivity contribution in [2.75, 3.05) is 26.4 Å². The zero-order valence-corrected chi connectivity index (χ0v) is 34.4. The number of aliphatic hydroxyl groups is 2. The molecule has 0 aromatic rings. The van der Waals surface area contributed by atoms with E-state index in [0.717, 1.165) is 32.1 Å². The van der Waals surface area contributed by atoms with Gasteiger partial charge in [-0.2, -0.15) is 0 Å². The molecule has 0 amide bonds. The summed E-state index contributed by atoms with van der Waals surface area (Å²) in [6.45, 7) is 3.74. The number of hydrogen-bond donors (Lipinski definition) is 5. The summed E-state index contributed by atoms with van der Waals surface area (Å²) in [7, 11) is -9.69. The third-order valence-electron chi connectivity index (χ3n) is 7.72. The molecule has 0 saturated heterocycles. The number of carbonyl (C=O) groups is 2. The Labute approximate surface area is 322 Å². The van der Waals surface area contributed by atoms with Crippen molar-refractivity contribution in [1.29, 1.82) is 0 Å². The Morgan fingerprint density at radius 2 is 1.30 bits per heavy atom. The lowest BCUT2D eigenvalue weighted by Crippen LogP contribution is -2.30. The van der Waals surface area contributed by atoms with E-state index in [2.05, 4.69) is 35.9 Å². The minimum Gasteiger partial charge on any atom is -0.462 e. The van der Waals surface area contributed by atoms with Gasteiger partial charge in [0.15, 0.2) is 6.10 Å². The van der Waals surface area contributed by atoms with Crippen molar-refractivity contribution in [3.05, 3.63) is 48.6 Å². The number of ether oxygens (including phenoxy) is 2. The van der Waals surface area contributed by atoms with E-state index >= 15 is 0 Å².